The molecule has 0 atom stereocenters. The predicted molar refractivity (Wildman–Crippen MR) is 45.9 cm³/mol. The SMILES string of the molecule is CC1(C)CCCCN1C(=O)Cl. The summed E-state index contributed by atoms with van der Waals surface area (Å²) in [6.07, 6.45) is 3.35. The van der Waals surface area contributed by atoms with Crippen molar-refractivity contribution in [1.82, 2.24) is 4.90 Å². The fraction of sp³-hybridized carbons (Fsp3) is 0.875. The summed E-state index contributed by atoms with van der Waals surface area (Å²) >= 11 is 5.43. The third-order valence-electron chi connectivity index (χ3n) is 2.36. The molecule has 0 aliphatic carbocycles. The van der Waals surface area contributed by atoms with E-state index in [9.17, 15) is 4.79 Å². The average molecular weight is 176 g/mol. The van der Waals surface area contributed by atoms with Crippen LogP contribution >= 0.6 is 11.6 Å². The van der Waals surface area contributed by atoms with Gasteiger partial charge in [-0.1, -0.05) is 0 Å². The van der Waals surface area contributed by atoms with E-state index in [4.69, 9.17) is 11.6 Å². The average Bonchev–Trinajstić information content (AvgIpc) is 1.85. The van der Waals surface area contributed by atoms with Gasteiger partial charge in [0.2, 0.25) is 0 Å². The first-order valence-electron chi connectivity index (χ1n) is 4.01. The molecule has 0 aromatic rings. The van der Waals surface area contributed by atoms with E-state index in [0.29, 0.717) is 0 Å². The van der Waals surface area contributed by atoms with Crippen LogP contribution in [-0.2, 0) is 0 Å². The first-order valence-corrected chi connectivity index (χ1v) is 4.39. The van der Waals surface area contributed by atoms with Gasteiger partial charge in [-0.15, -0.1) is 0 Å². The van der Waals surface area contributed by atoms with Gasteiger partial charge >= 0.3 is 5.37 Å². The Morgan fingerprint density at radius 2 is 2.09 bits per heavy atom. The van der Waals surface area contributed by atoms with Crippen molar-refractivity contribution in [3.05, 3.63) is 0 Å². The van der Waals surface area contributed by atoms with Crippen molar-refractivity contribution in [2.24, 2.45) is 0 Å². The predicted octanol–water partition coefficient (Wildman–Crippen LogP) is 2.61. The maximum Gasteiger partial charge on any atom is 0.316 e. The number of hydrogen-bond donors (Lipinski definition) is 0. The first kappa shape index (κ1) is 8.85. The van der Waals surface area contributed by atoms with Crippen molar-refractivity contribution in [2.75, 3.05) is 6.54 Å². The minimum absolute atomic E-state index is 0.0307. The molecule has 64 valence electrons. The van der Waals surface area contributed by atoms with E-state index >= 15 is 0 Å². The number of hydrogen-bond acceptors (Lipinski definition) is 1. The van der Waals surface area contributed by atoms with Crippen LogP contribution in [0.2, 0.25) is 0 Å². The molecule has 0 radical (unpaired) electrons. The topological polar surface area (TPSA) is 20.3 Å². The number of halogens is 1. The molecule has 0 spiro atoms. The Morgan fingerprint density at radius 1 is 1.45 bits per heavy atom. The Hall–Kier alpha value is -0.240. The lowest BCUT2D eigenvalue weighted by Crippen LogP contribution is -2.48. The summed E-state index contributed by atoms with van der Waals surface area (Å²) in [7, 11) is 0. The van der Waals surface area contributed by atoms with Crippen LogP contribution in [0.25, 0.3) is 0 Å². The van der Waals surface area contributed by atoms with Crippen molar-refractivity contribution in [2.45, 2.75) is 38.6 Å². The van der Waals surface area contributed by atoms with Gasteiger partial charge in [-0.2, -0.15) is 0 Å². The molecule has 0 unspecified atom stereocenters. The van der Waals surface area contributed by atoms with Gasteiger partial charge in [0.05, 0.1) is 0 Å². The lowest BCUT2D eigenvalue weighted by atomic mass is 9.91. The Bertz CT molecular complexity index is 167. The highest BCUT2D eigenvalue weighted by molar-refractivity contribution is 6.62. The lowest BCUT2D eigenvalue weighted by molar-refractivity contribution is 0.119. The van der Waals surface area contributed by atoms with Crippen LogP contribution in [0, 0.1) is 0 Å². The maximum absolute atomic E-state index is 10.9. The molecule has 1 heterocycles. The van der Waals surface area contributed by atoms with Crippen LogP contribution < -0.4 is 0 Å². The quantitative estimate of drug-likeness (QED) is 0.410. The Labute approximate surface area is 72.5 Å². The molecule has 2 nitrogen and oxygen atoms in total. The van der Waals surface area contributed by atoms with Gasteiger partial charge in [0.1, 0.15) is 0 Å². The number of piperidine rings is 1. The van der Waals surface area contributed by atoms with Gasteiger partial charge in [-0.05, 0) is 44.7 Å². The van der Waals surface area contributed by atoms with Crippen molar-refractivity contribution >= 4 is 17.0 Å². The fourth-order valence-electron chi connectivity index (χ4n) is 1.59. The molecule has 1 saturated heterocycles. The smallest absolute Gasteiger partial charge is 0.316 e. The Balaban J connectivity index is 2.67. The summed E-state index contributed by atoms with van der Waals surface area (Å²) in [5, 5.41) is -0.310. The highest BCUT2D eigenvalue weighted by Crippen LogP contribution is 2.27. The zero-order chi connectivity index (χ0) is 8.48. The largest absolute Gasteiger partial charge is 0.324 e. The second-order valence-corrected chi connectivity index (χ2v) is 4.00. The van der Waals surface area contributed by atoms with E-state index < -0.39 is 0 Å². The summed E-state index contributed by atoms with van der Waals surface area (Å²) in [4.78, 5) is 12.7. The molecule has 3 heteroatoms. The van der Waals surface area contributed by atoms with Crippen molar-refractivity contribution < 1.29 is 4.79 Å². The number of nitrogens with zero attached hydrogens (tertiary/aromatic N) is 1. The van der Waals surface area contributed by atoms with Crippen molar-refractivity contribution in [1.29, 1.82) is 0 Å². The van der Waals surface area contributed by atoms with Crippen LogP contribution in [0.1, 0.15) is 33.1 Å². The van der Waals surface area contributed by atoms with E-state index in [0.717, 1.165) is 19.4 Å². The van der Waals surface area contributed by atoms with E-state index in [1.54, 1.807) is 4.90 Å². The molecular formula is C8H14ClNO. The second-order valence-electron chi connectivity index (χ2n) is 3.67. The van der Waals surface area contributed by atoms with Gasteiger partial charge in [-0.3, -0.25) is 4.79 Å². The van der Waals surface area contributed by atoms with E-state index in [-0.39, 0.29) is 10.9 Å². The van der Waals surface area contributed by atoms with E-state index in [2.05, 4.69) is 13.8 Å². The molecule has 11 heavy (non-hydrogen) atoms. The molecule has 0 aromatic heterocycles. The molecule has 1 aliphatic heterocycles. The third kappa shape index (κ3) is 1.86. The van der Waals surface area contributed by atoms with Crippen LogP contribution in [0.5, 0.6) is 0 Å². The Kier molecular flexibility index (Phi) is 2.43. The summed E-state index contributed by atoms with van der Waals surface area (Å²) in [6, 6.07) is 0. The van der Waals surface area contributed by atoms with Gasteiger partial charge in [0.15, 0.2) is 0 Å². The maximum atomic E-state index is 10.9. The molecule has 0 N–H and O–H groups in total. The highest BCUT2D eigenvalue weighted by Gasteiger charge is 2.31. The molecule has 0 aromatic carbocycles. The molecule has 1 rings (SSSR count). The van der Waals surface area contributed by atoms with Gasteiger partial charge in [0.25, 0.3) is 0 Å². The van der Waals surface area contributed by atoms with Crippen molar-refractivity contribution in [3.63, 3.8) is 0 Å². The molecule has 1 aliphatic rings. The van der Waals surface area contributed by atoms with E-state index in [1.807, 2.05) is 0 Å². The van der Waals surface area contributed by atoms with E-state index in [1.165, 1.54) is 6.42 Å². The summed E-state index contributed by atoms with van der Waals surface area (Å²) < 4.78 is 0. The van der Waals surface area contributed by atoms with Crippen LogP contribution in [0.3, 0.4) is 0 Å². The van der Waals surface area contributed by atoms with Crippen LogP contribution in [-0.4, -0.2) is 22.3 Å². The minimum atomic E-state index is -0.310. The highest BCUT2D eigenvalue weighted by atomic mass is 35.5. The number of carbonyl (C=O) groups is 1. The molecule has 1 amide bonds. The molecular weight excluding hydrogens is 162 g/mol. The molecule has 0 saturated carbocycles. The summed E-state index contributed by atoms with van der Waals surface area (Å²) in [5.41, 5.74) is -0.0307. The summed E-state index contributed by atoms with van der Waals surface area (Å²) in [5.74, 6) is 0. The van der Waals surface area contributed by atoms with Crippen LogP contribution in [0.4, 0.5) is 4.79 Å². The normalized spacial score (nSPS) is 23.4. The zero-order valence-electron chi connectivity index (χ0n) is 7.06. The summed E-state index contributed by atoms with van der Waals surface area (Å²) in [6.45, 7) is 4.94. The fourth-order valence-corrected chi connectivity index (χ4v) is 1.90. The number of likely N-dealkylation sites (tertiary alicyclic amines) is 1. The third-order valence-corrected chi connectivity index (χ3v) is 2.57. The van der Waals surface area contributed by atoms with Gasteiger partial charge in [0, 0.05) is 12.1 Å². The standard InChI is InChI=1S/C8H14ClNO/c1-8(2)5-3-4-6-10(8)7(9)11/h3-6H2,1-2H3. The molecule has 1 fully saturated rings. The number of rotatable bonds is 0. The number of carbonyl (C=O) groups excluding carboxylic acids is 1. The second kappa shape index (κ2) is 3.02. The monoisotopic (exact) mass is 175 g/mol. The lowest BCUT2D eigenvalue weighted by Gasteiger charge is -2.40. The number of amides is 1. The molecule has 0 bridgehead atoms. The van der Waals surface area contributed by atoms with Crippen molar-refractivity contribution in [3.8, 4) is 0 Å². The van der Waals surface area contributed by atoms with Crippen LogP contribution in [0.15, 0.2) is 0 Å². The minimum Gasteiger partial charge on any atom is -0.324 e. The van der Waals surface area contributed by atoms with Gasteiger partial charge in [-0.25, -0.2) is 0 Å². The zero-order valence-corrected chi connectivity index (χ0v) is 7.82. The van der Waals surface area contributed by atoms with Gasteiger partial charge < -0.3 is 4.90 Å². The Morgan fingerprint density at radius 3 is 2.45 bits per heavy atom. The first-order chi connectivity index (χ1) is 5.04.